The van der Waals surface area contributed by atoms with Crippen molar-refractivity contribution in [2.75, 3.05) is 19.7 Å². The predicted octanol–water partition coefficient (Wildman–Crippen LogP) is 2.88. The van der Waals surface area contributed by atoms with Crippen LogP contribution in [-0.2, 0) is 0 Å². The Morgan fingerprint density at radius 2 is 2.11 bits per heavy atom. The van der Waals surface area contributed by atoms with E-state index in [2.05, 4.69) is 6.92 Å². The van der Waals surface area contributed by atoms with Crippen molar-refractivity contribution in [2.24, 2.45) is 0 Å². The molecule has 0 aliphatic rings. The molecule has 0 saturated carbocycles. The van der Waals surface area contributed by atoms with E-state index in [-0.39, 0.29) is 12.5 Å². The Morgan fingerprint density at radius 1 is 1.39 bits per heavy atom. The van der Waals surface area contributed by atoms with Crippen LogP contribution in [0, 0.1) is 6.92 Å². The summed E-state index contributed by atoms with van der Waals surface area (Å²) in [5, 5.41) is 9.68. The van der Waals surface area contributed by atoms with Gasteiger partial charge >= 0.3 is 0 Å². The number of halogens is 1. The van der Waals surface area contributed by atoms with E-state index < -0.39 is 0 Å². The highest BCUT2D eigenvalue weighted by Gasteiger charge is 2.15. The number of hydrogen-bond donors (Lipinski definition) is 1. The van der Waals surface area contributed by atoms with Gasteiger partial charge in [0.25, 0.3) is 5.91 Å². The fourth-order valence-corrected chi connectivity index (χ4v) is 1.86. The van der Waals surface area contributed by atoms with E-state index in [0.717, 1.165) is 18.4 Å². The molecule has 1 aromatic rings. The molecule has 1 rings (SSSR count). The number of nitrogens with zero attached hydrogens (tertiary/aromatic N) is 1. The molecule has 0 atom stereocenters. The van der Waals surface area contributed by atoms with Crippen LogP contribution in [0.1, 0.15) is 35.7 Å². The second-order valence-electron chi connectivity index (χ2n) is 4.33. The Balaban J connectivity index is 2.83. The highest BCUT2D eigenvalue weighted by Crippen LogP contribution is 2.17. The van der Waals surface area contributed by atoms with Crippen LogP contribution in [0.25, 0.3) is 0 Å². The summed E-state index contributed by atoms with van der Waals surface area (Å²) in [4.78, 5) is 14.0. The molecule has 0 aliphatic heterocycles. The first-order valence-electron chi connectivity index (χ1n) is 6.26. The Hall–Kier alpha value is -1.06. The smallest absolute Gasteiger partial charge is 0.253 e. The van der Waals surface area contributed by atoms with Crippen molar-refractivity contribution < 1.29 is 9.90 Å². The van der Waals surface area contributed by atoms with Gasteiger partial charge in [-0.15, -0.1) is 0 Å². The van der Waals surface area contributed by atoms with Crippen molar-refractivity contribution in [1.82, 2.24) is 4.90 Å². The second-order valence-corrected chi connectivity index (χ2v) is 4.74. The molecule has 0 radical (unpaired) electrons. The highest BCUT2D eigenvalue weighted by molar-refractivity contribution is 6.31. The number of aliphatic hydroxyl groups is 1. The van der Waals surface area contributed by atoms with E-state index in [1.165, 1.54) is 0 Å². The van der Waals surface area contributed by atoms with Crippen LogP contribution in [0.2, 0.25) is 5.02 Å². The predicted molar refractivity (Wildman–Crippen MR) is 74.1 cm³/mol. The quantitative estimate of drug-likeness (QED) is 0.863. The molecule has 1 amide bonds. The maximum absolute atomic E-state index is 12.3. The highest BCUT2D eigenvalue weighted by atomic mass is 35.5. The van der Waals surface area contributed by atoms with Gasteiger partial charge in [0.15, 0.2) is 0 Å². The second kappa shape index (κ2) is 7.39. The zero-order chi connectivity index (χ0) is 13.5. The number of unbranched alkanes of at least 4 members (excludes halogenated alkanes) is 1. The minimum atomic E-state index is -0.0442. The molecule has 0 spiro atoms. The van der Waals surface area contributed by atoms with Crippen molar-refractivity contribution in [3.8, 4) is 0 Å². The zero-order valence-electron chi connectivity index (χ0n) is 10.9. The minimum Gasteiger partial charge on any atom is -0.395 e. The lowest BCUT2D eigenvalue weighted by Gasteiger charge is -2.21. The summed E-state index contributed by atoms with van der Waals surface area (Å²) in [5.41, 5.74) is 1.52. The monoisotopic (exact) mass is 269 g/mol. The van der Waals surface area contributed by atoms with Gasteiger partial charge in [0, 0.05) is 23.7 Å². The maximum atomic E-state index is 12.3. The molecule has 100 valence electrons. The number of aryl methyl sites for hydroxylation is 1. The first-order chi connectivity index (χ1) is 8.60. The molecule has 0 bridgehead atoms. The number of carbonyl (C=O) groups excluding carboxylic acids is 1. The summed E-state index contributed by atoms with van der Waals surface area (Å²) < 4.78 is 0. The molecular formula is C14H20ClNO2. The topological polar surface area (TPSA) is 40.5 Å². The normalized spacial score (nSPS) is 10.4. The average Bonchev–Trinajstić information content (AvgIpc) is 2.37. The van der Waals surface area contributed by atoms with E-state index in [9.17, 15) is 4.79 Å². The molecular weight excluding hydrogens is 250 g/mol. The van der Waals surface area contributed by atoms with Crippen LogP contribution in [0.15, 0.2) is 18.2 Å². The van der Waals surface area contributed by atoms with Crippen LogP contribution in [0.3, 0.4) is 0 Å². The number of aliphatic hydroxyl groups excluding tert-OH is 1. The lowest BCUT2D eigenvalue weighted by atomic mass is 10.1. The Morgan fingerprint density at radius 3 is 2.67 bits per heavy atom. The SMILES string of the molecule is CCCCN(CCO)C(=O)c1ccc(Cl)c(C)c1. The van der Waals surface area contributed by atoms with E-state index in [1.54, 1.807) is 23.1 Å². The van der Waals surface area contributed by atoms with E-state index in [1.807, 2.05) is 6.92 Å². The van der Waals surface area contributed by atoms with Gasteiger partial charge in [0.05, 0.1) is 6.61 Å². The van der Waals surface area contributed by atoms with Crippen LogP contribution in [0.5, 0.6) is 0 Å². The molecule has 3 nitrogen and oxygen atoms in total. The lowest BCUT2D eigenvalue weighted by Crippen LogP contribution is -2.34. The van der Waals surface area contributed by atoms with Crippen molar-refractivity contribution in [3.63, 3.8) is 0 Å². The minimum absolute atomic E-state index is 0.0119. The Labute approximate surface area is 113 Å². The summed E-state index contributed by atoms with van der Waals surface area (Å²) in [6, 6.07) is 5.26. The summed E-state index contributed by atoms with van der Waals surface area (Å²) in [5.74, 6) is -0.0442. The molecule has 0 heterocycles. The van der Waals surface area contributed by atoms with Gasteiger partial charge in [-0.2, -0.15) is 0 Å². The van der Waals surface area contributed by atoms with Gasteiger partial charge in [0.1, 0.15) is 0 Å². The first kappa shape index (κ1) is 15.0. The Kier molecular flexibility index (Phi) is 6.16. The lowest BCUT2D eigenvalue weighted by molar-refractivity contribution is 0.0719. The van der Waals surface area contributed by atoms with Gasteiger partial charge in [-0.1, -0.05) is 24.9 Å². The Bertz CT molecular complexity index is 407. The molecule has 4 heteroatoms. The maximum Gasteiger partial charge on any atom is 0.253 e. The van der Waals surface area contributed by atoms with Crippen molar-refractivity contribution >= 4 is 17.5 Å². The van der Waals surface area contributed by atoms with E-state index in [4.69, 9.17) is 16.7 Å². The van der Waals surface area contributed by atoms with Crippen LogP contribution >= 0.6 is 11.6 Å². The van der Waals surface area contributed by atoms with E-state index >= 15 is 0 Å². The van der Waals surface area contributed by atoms with Crippen molar-refractivity contribution in [1.29, 1.82) is 0 Å². The summed E-state index contributed by atoms with van der Waals surface area (Å²) in [6.07, 6.45) is 1.97. The number of benzene rings is 1. The van der Waals surface area contributed by atoms with Gasteiger partial charge in [-0.25, -0.2) is 0 Å². The van der Waals surface area contributed by atoms with Gasteiger partial charge in [-0.3, -0.25) is 4.79 Å². The largest absolute Gasteiger partial charge is 0.395 e. The van der Waals surface area contributed by atoms with Crippen LogP contribution in [-0.4, -0.2) is 35.6 Å². The van der Waals surface area contributed by atoms with Gasteiger partial charge in [-0.05, 0) is 37.1 Å². The number of carbonyl (C=O) groups is 1. The van der Waals surface area contributed by atoms with Crippen molar-refractivity contribution in [3.05, 3.63) is 34.3 Å². The van der Waals surface area contributed by atoms with E-state index in [0.29, 0.717) is 23.7 Å². The van der Waals surface area contributed by atoms with Crippen molar-refractivity contribution in [2.45, 2.75) is 26.7 Å². The number of amides is 1. The molecule has 0 aliphatic carbocycles. The fraction of sp³-hybridized carbons (Fsp3) is 0.500. The fourth-order valence-electron chi connectivity index (χ4n) is 1.74. The summed E-state index contributed by atoms with van der Waals surface area (Å²) in [7, 11) is 0. The molecule has 18 heavy (non-hydrogen) atoms. The third-order valence-corrected chi connectivity index (χ3v) is 3.27. The molecule has 0 saturated heterocycles. The number of rotatable bonds is 6. The average molecular weight is 270 g/mol. The van der Waals surface area contributed by atoms with Gasteiger partial charge < -0.3 is 10.0 Å². The number of hydrogen-bond acceptors (Lipinski definition) is 2. The standard InChI is InChI=1S/C14H20ClNO2/c1-3-4-7-16(8-9-17)14(18)12-5-6-13(15)11(2)10-12/h5-6,10,17H,3-4,7-9H2,1-2H3. The van der Waals surface area contributed by atoms with Gasteiger partial charge in [0.2, 0.25) is 0 Å². The third kappa shape index (κ3) is 4.00. The third-order valence-electron chi connectivity index (χ3n) is 2.84. The molecule has 0 unspecified atom stereocenters. The summed E-state index contributed by atoms with van der Waals surface area (Å²) in [6.45, 7) is 5.00. The zero-order valence-corrected chi connectivity index (χ0v) is 11.7. The molecule has 1 aromatic carbocycles. The van der Waals surface area contributed by atoms with Crippen LogP contribution < -0.4 is 0 Å². The first-order valence-corrected chi connectivity index (χ1v) is 6.64. The molecule has 1 N–H and O–H groups in total. The summed E-state index contributed by atoms with van der Waals surface area (Å²) >= 11 is 5.94. The van der Waals surface area contributed by atoms with Crippen LogP contribution in [0.4, 0.5) is 0 Å². The molecule has 0 fully saturated rings. The molecule has 0 aromatic heterocycles.